The van der Waals surface area contributed by atoms with Crippen LogP contribution < -0.4 is 11.1 Å². The second kappa shape index (κ2) is 4.44. The minimum Gasteiger partial charge on any atom is -0.350 e. The molecule has 2 rings (SSSR count). The molecule has 4 N–H and O–H groups in total. The van der Waals surface area contributed by atoms with Crippen LogP contribution in [-0.4, -0.2) is 22.1 Å². The van der Waals surface area contributed by atoms with E-state index in [1.54, 1.807) is 6.20 Å². The molecule has 1 aromatic heterocycles. The first-order valence-corrected chi connectivity index (χ1v) is 5.26. The number of rotatable bonds is 5. The van der Waals surface area contributed by atoms with Gasteiger partial charge in [-0.2, -0.15) is 5.10 Å². The van der Waals surface area contributed by atoms with Crippen LogP contribution in [0.25, 0.3) is 0 Å². The van der Waals surface area contributed by atoms with Gasteiger partial charge in [0.15, 0.2) is 0 Å². The van der Waals surface area contributed by atoms with E-state index in [0.29, 0.717) is 18.9 Å². The van der Waals surface area contributed by atoms with Gasteiger partial charge in [0.1, 0.15) is 0 Å². The maximum absolute atomic E-state index is 11.5. The molecule has 0 saturated heterocycles. The molecule has 82 valence electrons. The van der Waals surface area contributed by atoms with Crippen LogP contribution in [0.2, 0.25) is 0 Å². The van der Waals surface area contributed by atoms with Crippen molar-refractivity contribution in [2.24, 2.45) is 11.7 Å². The number of aromatic amines is 1. The van der Waals surface area contributed by atoms with E-state index in [4.69, 9.17) is 5.73 Å². The number of hydrogen-bond acceptors (Lipinski definition) is 3. The van der Waals surface area contributed by atoms with Gasteiger partial charge in [-0.05, 0) is 24.8 Å². The normalized spacial score (nSPS) is 17.4. The fraction of sp³-hybridized carbons (Fsp3) is 0.600. The van der Waals surface area contributed by atoms with E-state index in [0.717, 1.165) is 5.69 Å². The van der Waals surface area contributed by atoms with Crippen molar-refractivity contribution in [2.45, 2.75) is 31.8 Å². The molecule has 15 heavy (non-hydrogen) atoms. The highest BCUT2D eigenvalue weighted by Crippen LogP contribution is 2.32. The molecule has 0 aliphatic heterocycles. The van der Waals surface area contributed by atoms with Crippen molar-refractivity contribution >= 4 is 5.91 Å². The van der Waals surface area contributed by atoms with Gasteiger partial charge in [-0.1, -0.05) is 0 Å². The molecule has 1 heterocycles. The average Bonchev–Trinajstić information content (AvgIpc) is 2.93. The standard InChI is InChI=1S/C10H16N4O/c11-9(7-1-2-7)5-10(15)12-6-8-3-4-13-14-8/h3-4,7,9H,1-2,5-6,11H2,(H,12,15)(H,13,14). The molecule has 1 unspecified atom stereocenters. The molecular formula is C10H16N4O. The summed E-state index contributed by atoms with van der Waals surface area (Å²) in [7, 11) is 0. The van der Waals surface area contributed by atoms with Crippen molar-refractivity contribution in [3.8, 4) is 0 Å². The molecule has 1 fully saturated rings. The number of aromatic nitrogens is 2. The first kappa shape index (κ1) is 10.2. The van der Waals surface area contributed by atoms with Crippen LogP contribution in [-0.2, 0) is 11.3 Å². The Balaban J connectivity index is 1.68. The summed E-state index contributed by atoms with van der Waals surface area (Å²) in [5, 5.41) is 9.39. The molecule has 1 aliphatic carbocycles. The van der Waals surface area contributed by atoms with Gasteiger partial charge < -0.3 is 11.1 Å². The highest BCUT2D eigenvalue weighted by Gasteiger charge is 2.29. The fourth-order valence-corrected chi connectivity index (χ4v) is 1.55. The molecule has 1 aliphatic rings. The predicted octanol–water partition coefficient (Wildman–Crippen LogP) is 0.153. The first-order chi connectivity index (χ1) is 7.25. The molecule has 5 nitrogen and oxygen atoms in total. The van der Waals surface area contributed by atoms with Gasteiger partial charge in [0.2, 0.25) is 5.91 Å². The van der Waals surface area contributed by atoms with Crippen molar-refractivity contribution < 1.29 is 4.79 Å². The Bertz CT molecular complexity index is 318. The molecule has 1 saturated carbocycles. The Morgan fingerprint density at radius 2 is 2.53 bits per heavy atom. The van der Waals surface area contributed by atoms with E-state index in [9.17, 15) is 4.79 Å². The largest absolute Gasteiger partial charge is 0.350 e. The third-order valence-corrected chi connectivity index (χ3v) is 2.68. The van der Waals surface area contributed by atoms with E-state index < -0.39 is 0 Å². The van der Waals surface area contributed by atoms with Gasteiger partial charge in [-0.25, -0.2) is 0 Å². The van der Waals surface area contributed by atoms with Gasteiger partial charge in [-0.15, -0.1) is 0 Å². The van der Waals surface area contributed by atoms with Gasteiger partial charge in [0.25, 0.3) is 0 Å². The maximum atomic E-state index is 11.5. The number of nitrogens with one attached hydrogen (secondary N) is 2. The zero-order valence-electron chi connectivity index (χ0n) is 8.57. The second-order valence-corrected chi connectivity index (χ2v) is 4.06. The monoisotopic (exact) mass is 208 g/mol. The van der Waals surface area contributed by atoms with Gasteiger partial charge in [0, 0.05) is 18.7 Å². The van der Waals surface area contributed by atoms with Crippen molar-refractivity contribution in [1.29, 1.82) is 0 Å². The summed E-state index contributed by atoms with van der Waals surface area (Å²) in [4.78, 5) is 11.5. The SMILES string of the molecule is NC(CC(=O)NCc1ccn[nH]1)C1CC1. The number of hydrogen-bond donors (Lipinski definition) is 3. The summed E-state index contributed by atoms with van der Waals surface area (Å²) in [6.45, 7) is 0.496. The highest BCUT2D eigenvalue weighted by molar-refractivity contribution is 5.76. The number of nitrogens with two attached hydrogens (primary N) is 1. The van der Waals surface area contributed by atoms with Crippen LogP contribution in [0, 0.1) is 5.92 Å². The maximum Gasteiger partial charge on any atom is 0.221 e. The van der Waals surface area contributed by atoms with Crippen molar-refractivity contribution in [2.75, 3.05) is 0 Å². The third kappa shape index (κ3) is 3.06. The zero-order valence-corrected chi connectivity index (χ0v) is 8.57. The summed E-state index contributed by atoms with van der Waals surface area (Å²) in [5.74, 6) is 0.590. The van der Waals surface area contributed by atoms with Crippen LogP contribution in [0.1, 0.15) is 25.0 Å². The molecule has 1 aromatic rings. The molecule has 5 heteroatoms. The Morgan fingerprint density at radius 3 is 3.13 bits per heavy atom. The molecular weight excluding hydrogens is 192 g/mol. The smallest absolute Gasteiger partial charge is 0.221 e. The Kier molecular flexibility index (Phi) is 3.01. The van der Waals surface area contributed by atoms with Gasteiger partial charge in [0.05, 0.1) is 12.2 Å². The van der Waals surface area contributed by atoms with Crippen LogP contribution in [0.15, 0.2) is 12.3 Å². The van der Waals surface area contributed by atoms with E-state index in [1.807, 2.05) is 6.07 Å². The Labute approximate surface area is 88.4 Å². The summed E-state index contributed by atoms with van der Waals surface area (Å²) < 4.78 is 0. The number of nitrogens with zero attached hydrogens (tertiary/aromatic N) is 1. The molecule has 1 amide bonds. The van der Waals surface area contributed by atoms with Crippen LogP contribution in [0.5, 0.6) is 0 Å². The number of carbonyl (C=O) groups is 1. The van der Waals surface area contributed by atoms with Gasteiger partial charge in [-0.3, -0.25) is 9.89 Å². The van der Waals surface area contributed by atoms with Crippen molar-refractivity contribution in [3.63, 3.8) is 0 Å². The lowest BCUT2D eigenvalue weighted by atomic mass is 10.1. The Hall–Kier alpha value is -1.36. The number of amides is 1. The Morgan fingerprint density at radius 1 is 1.73 bits per heavy atom. The topological polar surface area (TPSA) is 83.8 Å². The zero-order chi connectivity index (χ0) is 10.7. The van der Waals surface area contributed by atoms with Gasteiger partial charge >= 0.3 is 0 Å². The molecule has 0 aromatic carbocycles. The molecule has 0 bridgehead atoms. The van der Waals surface area contributed by atoms with E-state index >= 15 is 0 Å². The van der Waals surface area contributed by atoms with Crippen molar-refractivity contribution in [1.82, 2.24) is 15.5 Å². The summed E-state index contributed by atoms with van der Waals surface area (Å²) in [5.41, 5.74) is 6.75. The lowest BCUT2D eigenvalue weighted by Crippen LogP contribution is -2.32. The first-order valence-electron chi connectivity index (χ1n) is 5.26. The minimum atomic E-state index is 0.0176. The molecule has 0 spiro atoms. The lowest BCUT2D eigenvalue weighted by Gasteiger charge is -2.09. The molecule has 0 radical (unpaired) electrons. The fourth-order valence-electron chi connectivity index (χ4n) is 1.55. The van der Waals surface area contributed by atoms with E-state index in [1.165, 1.54) is 12.8 Å². The van der Waals surface area contributed by atoms with Crippen LogP contribution in [0.4, 0.5) is 0 Å². The summed E-state index contributed by atoms with van der Waals surface area (Å²) in [6.07, 6.45) is 4.44. The van der Waals surface area contributed by atoms with E-state index in [2.05, 4.69) is 15.5 Å². The quantitative estimate of drug-likeness (QED) is 0.644. The van der Waals surface area contributed by atoms with E-state index in [-0.39, 0.29) is 11.9 Å². The number of H-pyrrole nitrogens is 1. The highest BCUT2D eigenvalue weighted by atomic mass is 16.1. The number of carbonyl (C=O) groups excluding carboxylic acids is 1. The van der Waals surface area contributed by atoms with Crippen molar-refractivity contribution in [3.05, 3.63) is 18.0 Å². The summed E-state index contributed by atoms with van der Waals surface area (Å²) in [6, 6.07) is 1.87. The lowest BCUT2D eigenvalue weighted by molar-refractivity contribution is -0.121. The average molecular weight is 208 g/mol. The van der Waals surface area contributed by atoms with Crippen LogP contribution >= 0.6 is 0 Å². The predicted molar refractivity (Wildman–Crippen MR) is 55.8 cm³/mol. The minimum absolute atomic E-state index is 0.0176. The summed E-state index contributed by atoms with van der Waals surface area (Å²) >= 11 is 0. The second-order valence-electron chi connectivity index (χ2n) is 4.06. The molecule has 1 atom stereocenters. The third-order valence-electron chi connectivity index (χ3n) is 2.68. The van der Waals surface area contributed by atoms with Crippen LogP contribution in [0.3, 0.4) is 0 Å².